The van der Waals surface area contributed by atoms with Gasteiger partial charge in [-0.15, -0.1) is 0 Å². The molecule has 0 aliphatic carbocycles. The van der Waals surface area contributed by atoms with Crippen molar-refractivity contribution in [1.29, 1.82) is 0 Å². The molecule has 0 unspecified atom stereocenters. The summed E-state index contributed by atoms with van der Waals surface area (Å²) in [5.74, 6) is -4.12. The van der Waals surface area contributed by atoms with Crippen LogP contribution in [0.15, 0.2) is 66.7 Å². The van der Waals surface area contributed by atoms with Crippen molar-refractivity contribution in [3.8, 4) is 0 Å². The molecule has 2 N–H and O–H groups in total. The molecule has 0 fully saturated rings. The summed E-state index contributed by atoms with van der Waals surface area (Å²) in [6, 6.07) is 16.4. The molecule has 0 bridgehead atoms. The zero-order valence-electron chi connectivity index (χ0n) is 15.4. The largest absolute Gasteiger partial charge is 0.478 e. The third kappa shape index (κ3) is 3.82. The number of hydrogen-bond donors (Lipinski definition) is 2. The SMILES string of the molecule is Cc1ccccc1C(=O)c1cc(C(=O)O)c(C(=O)c2ccccc2)cc1C(=O)O. The van der Waals surface area contributed by atoms with Crippen LogP contribution in [0.4, 0.5) is 0 Å². The predicted molar refractivity (Wildman–Crippen MR) is 105 cm³/mol. The lowest BCUT2D eigenvalue weighted by atomic mass is 9.89. The smallest absolute Gasteiger partial charge is 0.336 e. The number of carbonyl (C=O) groups excluding carboxylic acids is 2. The number of aryl methyl sites for hydroxylation is 1. The summed E-state index contributed by atoms with van der Waals surface area (Å²) in [6.07, 6.45) is 0. The van der Waals surface area contributed by atoms with Crippen molar-refractivity contribution in [2.24, 2.45) is 0 Å². The number of hydrogen-bond acceptors (Lipinski definition) is 4. The number of rotatable bonds is 6. The van der Waals surface area contributed by atoms with Gasteiger partial charge in [0.05, 0.1) is 11.1 Å². The molecule has 0 saturated carbocycles. The number of carboxylic acid groups (broad SMARTS) is 2. The van der Waals surface area contributed by atoms with Gasteiger partial charge in [0.2, 0.25) is 0 Å². The van der Waals surface area contributed by atoms with Gasteiger partial charge in [-0.1, -0.05) is 54.6 Å². The number of benzene rings is 3. The molecule has 3 aromatic rings. The lowest BCUT2D eigenvalue weighted by Crippen LogP contribution is -2.17. The third-order valence-corrected chi connectivity index (χ3v) is 4.53. The van der Waals surface area contributed by atoms with Gasteiger partial charge in [0.25, 0.3) is 0 Å². The average Bonchev–Trinajstić information content (AvgIpc) is 2.72. The first-order valence-corrected chi connectivity index (χ1v) is 8.66. The first kappa shape index (κ1) is 19.7. The minimum atomic E-state index is -1.43. The second-order valence-electron chi connectivity index (χ2n) is 6.39. The van der Waals surface area contributed by atoms with Gasteiger partial charge in [-0.25, -0.2) is 9.59 Å². The van der Waals surface area contributed by atoms with E-state index in [0.717, 1.165) is 12.1 Å². The average molecular weight is 388 g/mol. The molecule has 0 aromatic heterocycles. The number of ketones is 2. The molecule has 3 aromatic carbocycles. The molecule has 0 atom stereocenters. The zero-order valence-corrected chi connectivity index (χ0v) is 15.4. The molecule has 0 spiro atoms. The summed E-state index contributed by atoms with van der Waals surface area (Å²) in [5.41, 5.74) is -0.340. The molecule has 6 heteroatoms. The van der Waals surface area contributed by atoms with Crippen molar-refractivity contribution in [3.05, 3.63) is 106 Å². The highest BCUT2D eigenvalue weighted by atomic mass is 16.4. The van der Waals surface area contributed by atoms with Gasteiger partial charge in [-0.2, -0.15) is 0 Å². The summed E-state index contributed by atoms with van der Waals surface area (Å²) in [5, 5.41) is 19.2. The minimum Gasteiger partial charge on any atom is -0.478 e. The fourth-order valence-corrected chi connectivity index (χ4v) is 3.05. The number of aromatic carboxylic acids is 2. The Hall–Kier alpha value is -4.06. The molecule has 6 nitrogen and oxygen atoms in total. The lowest BCUT2D eigenvalue weighted by Gasteiger charge is -2.12. The molecular weight excluding hydrogens is 372 g/mol. The van der Waals surface area contributed by atoms with Gasteiger partial charge in [0.15, 0.2) is 11.6 Å². The van der Waals surface area contributed by atoms with Gasteiger partial charge in [0, 0.05) is 22.3 Å². The van der Waals surface area contributed by atoms with Crippen LogP contribution in [-0.4, -0.2) is 33.7 Å². The van der Waals surface area contributed by atoms with E-state index >= 15 is 0 Å². The van der Waals surface area contributed by atoms with Crippen LogP contribution in [0.5, 0.6) is 0 Å². The van der Waals surface area contributed by atoms with E-state index in [1.807, 2.05) is 0 Å². The molecule has 0 aliphatic heterocycles. The van der Waals surface area contributed by atoms with Crippen molar-refractivity contribution >= 4 is 23.5 Å². The van der Waals surface area contributed by atoms with Gasteiger partial charge in [-0.05, 0) is 24.6 Å². The second-order valence-corrected chi connectivity index (χ2v) is 6.39. The van der Waals surface area contributed by atoms with Crippen molar-refractivity contribution in [3.63, 3.8) is 0 Å². The quantitative estimate of drug-likeness (QED) is 0.621. The first-order chi connectivity index (χ1) is 13.8. The van der Waals surface area contributed by atoms with E-state index < -0.39 is 34.6 Å². The van der Waals surface area contributed by atoms with Crippen LogP contribution < -0.4 is 0 Å². The van der Waals surface area contributed by atoms with Crippen LogP contribution in [0.2, 0.25) is 0 Å². The Labute approximate surface area is 166 Å². The summed E-state index contributed by atoms with van der Waals surface area (Å²) in [7, 11) is 0. The Kier molecular flexibility index (Phi) is 5.36. The summed E-state index contributed by atoms with van der Waals surface area (Å²) in [6.45, 7) is 1.69. The molecule has 0 amide bonds. The second kappa shape index (κ2) is 7.90. The summed E-state index contributed by atoms with van der Waals surface area (Å²) in [4.78, 5) is 49.4. The maximum absolute atomic E-state index is 13.0. The predicted octanol–water partition coefficient (Wildman–Crippen LogP) is 3.85. The summed E-state index contributed by atoms with van der Waals surface area (Å²) < 4.78 is 0. The number of carboxylic acids is 2. The zero-order chi connectivity index (χ0) is 21.1. The maximum Gasteiger partial charge on any atom is 0.336 e. The van der Waals surface area contributed by atoms with E-state index in [1.54, 1.807) is 43.3 Å². The van der Waals surface area contributed by atoms with Crippen molar-refractivity contribution in [1.82, 2.24) is 0 Å². The minimum absolute atomic E-state index is 0.212. The van der Waals surface area contributed by atoms with E-state index in [9.17, 15) is 29.4 Å². The van der Waals surface area contributed by atoms with Crippen molar-refractivity contribution in [2.45, 2.75) is 6.92 Å². The highest BCUT2D eigenvalue weighted by Gasteiger charge is 2.27. The Bertz CT molecular complexity index is 1150. The van der Waals surface area contributed by atoms with E-state index in [2.05, 4.69) is 0 Å². The van der Waals surface area contributed by atoms with Crippen molar-refractivity contribution < 1.29 is 29.4 Å². The highest BCUT2D eigenvalue weighted by molar-refractivity contribution is 6.20. The summed E-state index contributed by atoms with van der Waals surface area (Å²) >= 11 is 0. The molecule has 0 saturated heterocycles. The lowest BCUT2D eigenvalue weighted by molar-refractivity contribution is 0.0677. The van der Waals surface area contributed by atoms with Crippen molar-refractivity contribution in [2.75, 3.05) is 0 Å². The highest BCUT2D eigenvalue weighted by Crippen LogP contribution is 2.24. The fourth-order valence-electron chi connectivity index (χ4n) is 3.05. The standard InChI is InChI=1S/C23H16O6/c1-13-7-5-6-10-15(13)21(25)17-12-18(22(26)27)16(11-19(17)23(28)29)20(24)14-8-3-2-4-9-14/h2-12H,1H3,(H,26,27)(H,28,29). The third-order valence-electron chi connectivity index (χ3n) is 4.53. The van der Waals surface area contributed by atoms with Crippen LogP contribution in [0, 0.1) is 6.92 Å². The number of carbonyl (C=O) groups is 4. The van der Waals surface area contributed by atoms with Gasteiger partial charge < -0.3 is 10.2 Å². The van der Waals surface area contributed by atoms with Crippen LogP contribution in [0.25, 0.3) is 0 Å². The van der Waals surface area contributed by atoms with Crippen LogP contribution in [-0.2, 0) is 0 Å². The van der Waals surface area contributed by atoms with Gasteiger partial charge in [-0.3, -0.25) is 9.59 Å². The molecule has 0 aliphatic rings. The Morgan fingerprint density at radius 2 is 1.07 bits per heavy atom. The van der Waals surface area contributed by atoms with Crippen LogP contribution in [0.3, 0.4) is 0 Å². The normalized spacial score (nSPS) is 10.4. The van der Waals surface area contributed by atoms with Gasteiger partial charge in [0.1, 0.15) is 0 Å². The van der Waals surface area contributed by atoms with E-state index in [0.29, 0.717) is 5.56 Å². The van der Waals surface area contributed by atoms with Crippen LogP contribution >= 0.6 is 0 Å². The Morgan fingerprint density at radius 3 is 1.59 bits per heavy atom. The Balaban J connectivity index is 2.24. The topological polar surface area (TPSA) is 109 Å². The molecule has 29 heavy (non-hydrogen) atoms. The molecule has 3 rings (SSSR count). The van der Waals surface area contributed by atoms with E-state index in [-0.39, 0.29) is 22.3 Å². The van der Waals surface area contributed by atoms with E-state index in [4.69, 9.17) is 0 Å². The monoisotopic (exact) mass is 388 g/mol. The Morgan fingerprint density at radius 1 is 0.586 bits per heavy atom. The molecular formula is C23H16O6. The van der Waals surface area contributed by atoms with Crippen LogP contribution in [0.1, 0.15) is 58.1 Å². The molecule has 144 valence electrons. The fraction of sp³-hybridized carbons (Fsp3) is 0.0435. The maximum atomic E-state index is 13.0. The van der Waals surface area contributed by atoms with Gasteiger partial charge >= 0.3 is 11.9 Å². The first-order valence-electron chi connectivity index (χ1n) is 8.66. The molecule has 0 heterocycles. The van der Waals surface area contributed by atoms with E-state index in [1.165, 1.54) is 18.2 Å². The molecule has 0 radical (unpaired) electrons.